The fourth-order valence-corrected chi connectivity index (χ4v) is 2.13. The van der Waals surface area contributed by atoms with E-state index < -0.39 is 0 Å². The lowest BCUT2D eigenvalue weighted by molar-refractivity contribution is -0.147. The highest BCUT2D eigenvalue weighted by atomic mass is 16.5. The third-order valence-corrected chi connectivity index (χ3v) is 3.43. The first kappa shape index (κ1) is 15.8. The second kappa shape index (κ2) is 7.46. The van der Waals surface area contributed by atoms with Crippen LogP contribution >= 0.6 is 0 Å². The van der Waals surface area contributed by atoms with Crippen LogP contribution in [0.2, 0.25) is 0 Å². The van der Waals surface area contributed by atoms with Crippen LogP contribution in [-0.2, 0) is 9.53 Å². The Morgan fingerprint density at radius 2 is 1.73 bits per heavy atom. The van der Waals surface area contributed by atoms with Crippen LogP contribution in [-0.4, -0.2) is 13.1 Å². The van der Waals surface area contributed by atoms with Crippen LogP contribution in [0.15, 0.2) is 61.2 Å². The summed E-state index contributed by atoms with van der Waals surface area (Å²) in [5.74, 6) is 0.497. The van der Waals surface area contributed by atoms with E-state index in [1.165, 1.54) is 0 Å². The molecule has 0 N–H and O–H groups in total. The minimum Gasteiger partial charge on any atom is -0.497 e. The van der Waals surface area contributed by atoms with Crippen molar-refractivity contribution in [3.8, 4) is 5.75 Å². The van der Waals surface area contributed by atoms with Crippen molar-refractivity contribution in [3.05, 3.63) is 72.3 Å². The molecule has 0 bridgehead atoms. The third kappa shape index (κ3) is 4.22. The molecule has 3 heteroatoms. The molecule has 0 aliphatic carbocycles. The van der Waals surface area contributed by atoms with Gasteiger partial charge in [0.15, 0.2) is 0 Å². The van der Waals surface area contributed by atoms with E-state index in [1.54, 1.807) is 7.11 Å². The Kier molecular flexibility index (Phi) is 5.37. The molecule has 0 amide bonds. The Labute approximate surface area is 131 Å². The van der Waals surface area contributed by atoms with Gasteiger partial charge in [-0.15, -0.1) is 0 Å². The summed E-state index contributed by atoms with van der Waals surface area (Å²) < 4.78 is 10.6. The van der Waals surface area contributed by atoms with Crippen LogP contribution < -0.4 is 4.74 Å². The number of carbonyl (C=O) groups excluding carboxylic acids is 1. The van der Waals surface area contributed by atoms with Crippen LogP contribution in [0.5, 0.6) is 5.75 Å². The highest BCUT2D eigenvalue weighted by Crippen LogP contribution is 2.22. The fraction of sp³-hybridized carbons (Fsp3) is 0.211. The van der Waals surface area contributed by atoms with Gasteiger partial charge in [-0.25, -0.2) is 0 Å². The zero-order valence-corrected chi connectivity index (χ0v) is 12.9. The Hall–Kier alpha value is -2.55. The van der Waals surface area contributed by atoms with Crippen LogP contribution in [0.3, 0.4) is 0 Å². The van der Waals surface area contributed by atoms with Crippen molar-refractivity contribution in [2.45, 2.75) is 19.4 Å². The fourth-order valence-electron chi connectivity index (χ4n) is 2.13. The molecule has 2 rings (SSSR count). The summed E-state index contributed by atoms with van der Waals surface area (Å²) in [6.45, 7) is 5.80. The second-order valence-corrected chi connectivity index (χ2v) is 5.05. The minimum atomic E-state index is -0.304. The largest absolute Gasteiger partial charge is 0.497 e. The van der Waals surface area contributed by atoms with E-state index in [1.807, 2.05) is 61.5 Å². The molecular formula is C19H20O3. The molecule has 2 aromatic rings. The number of ether oxygens (including phenoxy) is 2. The smallest absolute Gasteiger partial charge is 0.310 e. The van der Waals surface area contributed by atoms with E-state index in [2.05, 4.69) is 6.58 Å². The summed E-state index contributed by atoms with van der Waals surface area (Å²) in [6.07, 6.45) is -0.119. The molecule has 0 aromatic heterocycles. The Morgan fingerprint density at radius 3 is 2.32 bits per heavy atom. The topological polar surface area (TPSA) is 35.5 Å². The van der Waals surface area contributed by atoms with Gasteiger partial charge in [-0.05, 0) is 35.8 Å². The zero-order chi connectivity index (χ0) is 15.9. The van der Waals surface area contributed by atoms with Crippen LogP contribution in [0, 0.1) is 0 Å². The first-order chi connectivity index (χ1) is 10.6. The molecule has 0 spiro atoms. The number of hydrogen-bond donors (Lipinski definition) is 0. The average Bonchev–Trinajstić information content (AvgIpc) is 2.55. The quantitative estimate of drug-likeness (QED) is 0.741. The number of hydrogen-bond acceptors (Lipinski definition) is 3. The first-order valence-corrected chi connectivity index (χ1v) is 7.17. The van der Waals surface area contributed by atoms with Crippen molar-refractivity contribution in [2.24, 2.45) is 0 Å². The normalized spacial score (nSPS) is 11.5. The van der Waals surface area contributed by atoms with Gasteiger partial charge < -0.3 is 9.47 Å². The monoisotopic (exact) mass is 296 g/mol. The van der Waals surface area contributed by atoms with Crippen LogP contribution in [0.4, 0.5) is 0 Å². The van der Waals surface area contributed by atoms with Crippen LogP contribution in [0.25, 0.3) is 5.57 Å². The van der Waals surface area contributed by atoms with Gasteiger partial charge >= 0.3 is 5.97 Å². The zero-order valence-electron chi connectivity index (χ0n) is 12.9. The second-order valence-electron chi connectivity index (χ2n) is 5.05. The molecule has 0 radical (unpaired) electrons. The van der Waals surface area contributed by atoms with E-state index >= 15 is 0 Å². The predicted molar refractivity (Wildman–Crippen MR) is 87.6 cm³/mol. The Morgan fingerprint density at radius 1 is 1.09 bits per heavy atom. The maximum atomic E-state index is 12.0. The van der Waals surface area contributed by atoms with Gasteiger partial charge in [-0.2, -0.15) is 0 Å². The Balaban J connectivity index is 1.92. The van der Waals surface area contributed by atoms with E-state index in [0.717, 1.165) is 22.4 Å². The molecule has 22 heavy (non-hydrogen) atoms. The van der Waals surface area contributed by atoms with E-state index in [-0.39, 0.29) is 18.5 Å². The molecule has 114 valence electrons. The standard InChI is InChI=1S/C19H20O3/c1-14(16-7-5-4-6-8-16)13-19(20)22-15(2)17-9-11-18(21-3)12-10-17/h4-12,15H,1,13H2,2-3H3. The van der Waals surface area contributed by atoms with Crippen molar-refractivity contribution >= 4 is 11.5 Å². The summed E-state index contributed by atoms with van der Waals surface area (Å²) in [7, 11) is 1.62. The van der Waals surface area contributed by atoms with Crippen molar-refractivity contribution in [2.75, 3.05) is 7.11 Å². The van der Waals surface area contributed by atoms with Gasteiger partial charge in [0.25, 0.3) is 0 Å². The summed E-state index contributed by atoms with van der Waals surface area (Å²) in [4.78, 5) is 12.0. The molecule has 0 saturated carbocycles. The number of rotatable bonds is 6. The molecule has 0 fully saturated rings. The van der Waals surface area contributed by atoms with Crippen molar-refractivity contribution in [3.63, 3.8) is 0 Å². The van der Waals surface area contributed by atoms with Crippen LogP contribution in [0.1, 0.15) is 30.6 Å². The van der Waals surface area contributed by atoms with E-state index in [0.29, 0.717) is 0 Å². The Bertz CT molecular complexity index is 629. The lowest BCUT2D eigenvalue weighted by Gasteiger charge is -2.14. The molecule has 1 unspecified atom stereocenters. The molecule has 0 aliphatic rings. The van der Waals surface area contributed by atoms with Gasteiger partial charge in [0.05, 0.1) is 13.5 Å². The first-order valence-electron chi connectivity index (χ1n) is 7.17. The average molecular weight is 296 g/mol. The van der Waals surface area contributed by atoms with Gasteiger partial charge in [0.1, 0.15) is 11.9 Å². The third-order valence-electron chi connectivity index (χ3n) is 3.43. The number of carbonyl (C=O) groups is 1. The highest BCUT2D eigenvalue weighted by Gasteiger charge is 2.13. The van der Waals surface area contributed by atoms with Gasteiger partial charge in [-0.1, -0.05) is 49.0 Å². The number of esters is 1. The summed E-state index contributed by atoms with van der Waals surface area (Å²) in [5, 5.41) is 0. The van der Waals surface area contributed by atoms with Crippen molar-refractivity contribution in [1.29, 1.82) is 0 Å². The predicted octanol–water partition coefficient (Wildman–Crippen LogP) is 4.40. The van der Waals surface area contributed by atoms with Gasteiger partial charge in [0, 0.05) is 0 Å². The summed E-state index contributed by atoms with van der Waals surface area (Å²) in [5.41, 5.74) is 2.64. The molecular weight excluding hydrogens is 276 g/mol. The van der Waals surface area contributed by atoms with Gasteiger partial charge in [-0.3, -0.25) is 4.79 Å². The number of methoxy groups -OCH3 is 1. The van der Waals surface area contributed by atoms with E-state index in [9.17, 15) is 4.79 Å². The minimum absolute atomic E-state index is 0.185. The van der Waals surface area contributed by atoms with E-state index in [4.69, 9.17) is 9.47 Å². The lowest BCUT2D eigenvalue weighted by Crippen LogP contribution is -2.09. The maximum absolute atomic E-state index is 12.0. The molecule has 0 aliphatic heterocycles. The summed E-state index contributed by atoms with van der Waals surface area (Å²) >= 11 is 0. The molecule has 3 nitrogen and oxygen atoms in total. The molecule has 0 heterocycles. The van der Waals surface area contributed by atoms with Crippen molar-refractivity contribution in [1.82, 2.24) is 0 Å². The van der Waals surface area contributed by atoms with Crippen molar-refractivity contribution < 1.29 is 14.3 Å². The number of benzene rings is 2. The van der Waals surface area contributed by atoms with Gasteiger partial charge in [0.2, 0.25) is 0 Å². The highest BCUT2D eigenvalue weighted by molar-refractivity contribution is 5.84. The molecule has 2 aromatic carbocycles. The molecule has 0 saturated heterocycles. The molecule has 1 atom stereocenters. The lowest BCUT2D eigenvalue weighted by atomic mass is 10.0. The maximum Gasteiger partial charge on any atom is 0.310 e. The summed E-state index contributed by atoms with van der Waals surface area (Å²) in [6, 6.07) is 17.1. The SMILES string of the molecule is C=C(CC(=O)OC(C)c1ccc(OC)cc1)c1ccccc1.